The van der Waals surface area contributed by atoms with E-state index in [4.69, 9.17) is 14.2 Å². The monoisotopic (exact) mass is 1960 g/mol. The van der Waals surface area contributed by atoms with Crippen molar-refractivity contribution >= 4 is 17.9 Å². The van der Waals surface area contributed by atoms with E-state index < -0.39 is 10.8 Å². The zero-order valence-electron chi connectivity index (χ0n) is 94.7. The van der Waals surface area contributed by atoms with Crippen molar-refractivity contribution in [2.75, 3.05) is 0 Å². The smallest absolute Gasteiger partial charge is 0.306 e. The van der Waals surface area contributed by atoms with Gasteiger partial charge in [-0.05, 0) is 305 Å². The van der Waals surface area contributed by atoms with Crippen LogP contribution in [-0.2, 0) is 80.3 Å². The molecule has 0 aliphatic carbocycles. The van der Waals surface area contributed by atoms with Gasteiger partial charge in [-0.3, -0.25) is 14.4 Å². The topological polar surface area (TPSA) is 78.9 Å². The van der Waals surface area contributed by atoms with Crippen LogP contribution in [0.1, 0.15) is 329 Å². The van der Waals surface area contributed by atoms with Crippen molar-refractivity contribution in [3.8, 4) is 0 Å². The summed E-state index contributed by atoms with van der Waals surface area (Å²) in [4.78, 5) is 31.8. The highest BCUT2D eigenvalue weighted by Gasteiger charge is 2.41. The zero-order chi connectivity index (χ0) is 108. The molecule has 0 bridgehead atoms. The molecule has 15 rings (SSSR count). The largest absolute Gasteiger partial charge is 0.460 e. The van der Waals surface area contributed by atoms with Crippen LogP contribution in [0, 0.1) is 90.0 Å². The lowest BCUT2D eigenvalue weighted by Crippen LogP contribution is -2.32. The number of benzene rings is 15. The van der Waals surface area contributed by atoms with Crippen LogP contribution in [0.4, 0.5) is 0 Å². The molecule has 147 heavy (non-hydrogen) atoms. The van der Waals surface area contributed by atoms with E-state index in [1.54, 1.807) is 20.8 Å². The molecular weight excluding hydrogens is 1790 g/mol. The van der Waals surface area contributed by atoms with Crippen LogP contribution in [0.25, 0.3) is 0 Å². The molecule has 0 aliphatic rings. The highest BCUT2D eigenvalue weighted by Crippen LogP contribution is 2.50. The van der Waals surface area contributed by atoms with Crippen molar-refractivity contribution in [2.45, 2.75) is 315 Å². The Balaban J connectivity index is 0.000000207. The van der Waals surface area contributed by atoms with E-state index in [1.807, 2.05) is 62.3 Å². The molecule has 0 saturated carbocycles. The number of carbonyl (C=O) groups is 3. The molecule has 6 nitrogen and oxygen atoms in total. The lowest BCUT2D eigenvalue weighted by atomic mass is 9.63. The minimum atomic E-state index is -0.439. The van der Waals surface area contributed by atoms with Gasteiger partial charge < -0.3 is 14.2 Å². The summed E-state index contributed by atoms with van der Waals surface area (Å²) in [5.74, 6) is -0.410. The summed E-state index contributed by atoms with van der Waals surface area (Å²) in [6, 6.07) is 136. The number of esters is 3. The first-order valence-corrected chi connectivity index (χ1v) is 53.1. The summed E-state index contributed by atoms with van der Waals surface area (Å²) in [7, 11) is 0. The molecule has 15 aromatic carbocycles. The normalized spacial score (nSPS) is 12.1. The summed E-state index contributed by atoms with van der Waals surface area (Å²) >= 11 is 0. The van der Waals surface area contributed by atoms with E-state index >= 15 is 0 Å². The molecule has 0 heterocycles. The highest BCUT2D eigenvalue weighted by molar-refractivity contribution is 5.70. The molecule has 0 aliphatic heterocycles. The van der Waals surface area contributed by atoms with Gasteiger partial charge in [0.1, 0.15) is 16.8 Å². The maximum atomic E-state index is 10.6. The van der Waals surface area contributed by atoms with Crippen molar-refractivity contribution in [2.24, 2.45) is 0 Å². The SMILES string of the molecule is CCC(=O)OC(C)(C)C.CCC(=O)OC(C)(C)C.CCC(=O)OC(C)(C)C.Cc1ccc(C(C)(C)c2ccc(C(C)(c3ccc(C)cc3)c3ccc(C)cc3)cc2)cc1.Cc1ccc(CC(C)(c2ccc(C)cc2)c2cc(C(C)(c3ccc(C)cc3)c3ccc(C)cc3)cc(C(C)(c3ccc(C)cc3)c3ccc(C)cc3)c2)cc1.Cc1ccc(CCC(CCc2ccc(C)cc2)(c2ccc(C)cc2)c2ccc(C)cc2)cc1. The Morgan fingerprint density at radius 2 is 0.354 bits per heavy atom. The fourth-order valence-electron chi connectivity index (χ4n) is 19.2. The Kier molecular flexibility index (Phi) is 40.0. The number of carbonyl (C=O) groups excluding carboxylic acids is 3. The second kappa shape index (κ2) is 50.9. The van der Waals surface area contributed by atoms with Gasteiger partial charge in [0.05, 0.1) is 0 Å². The summed E-state index contributed by atoms with van der Waals surface area (Å²) in [6.45, 7) is 64.6. The Morgan fingerprint density at radius 1 is 0.190 bits per heavy atom. The van der Waals surface area contributed by atoms with Crippen molar-refractivity contribution in [1.82, 2.24) is 0 Å². The first kappa shape index (κ1) is 116. The second-order valence-corrected chi connectivity index (χ2v) is 45.4. The average molecular weight is 1960 g/mol. The zero-order valence-corrected chi connectivity index (χ0v) is 94.7. The third kappa shape index (κ3) is 31.9. The van der Waals surface area contributed by atoms with Gasteiger partial charge in [0.2, 0.25) is 0 Å². The fourth-order valence-corrected chi connectivity index (χ4v) is 19.2. The molecular formula is C141H168O6. The van der Waals surface area contributed by atoms with Gasteiger partial charge in [-0.2, -0.15) is 0 Å². The van der Waals surface area contributed by atoms with Gasteiger partial charge in [0, 0.05) is 51.8 Å². The van der Waals surface area contributed by atoms with Crippen LogP contribution in [-0.4, -0.2) is 34.7 Å². The lowest BCUT2D eigenvalue weighted by Gasteiger charge is -2.39. The average Bonchev–Trinajstić information content (AvgIpc) is 0.719. The predicted molar refractivity (Wildman–Crippen MR) is 623 cm³/mol. The summed E-state index contributed by atoms with van der Waals surface area (Å²) in [6.07, 6.45) is 6.55. The maximum absolute atomic E-state index is 10.6. The number of rotatable bonds is 26. The second-order valence-electron chi connectivity index (χ2n) is 45.4. The Labute approximate surface area is 886 Å². The van der Waals surface area contributed by atoms with Crippen molar-refractivity contribution in [1.29, 1.82) is 0 Å². The lowest BCUT2D eigenvalue weighted by molar-refractivity contribution is -0.155. The van der Waals surface area contributed by atoms with Gasteiger partial charge in [-0.1, -0.05) is 472 Å². The van der Waals surface area contributed by atoms with Crippen LogP contribution in [0.2, 0.25) is 0 Å². The van der Waals surface area contributed by atoms with Crippen molar-refractivity contribution in [3.05, 3.63) is 530 Å². The summed E-state index contributed by atoms with van der Waals surface area (Å²) in [5.41, 5.74) is 38.3. The van der Waals surface area contributed by atoms with Crippen LogP contribution >= 0.6 is 0 Å². The molecule has 6 heteroatoms. The summed E-state index contributed by atoms with van der Waals surface area (Å²) < 4.78 is 14.8. The van der Waals surface area contributed by atoms with Gasteiger partial charge in [0.15, 0.2) is 0 Å². The van der Waals surface area contributed by atoms with E-state index in [1.165, 1.54) is 172 Å². The predicted octanol–water partition coefficient (Wildman–Crippen LogP) is 35.8. The van der Waals surface area contributed by atoms with E-state index in [9.17, 15) is 14.4 Å². The molecule has 0 spiro atoms. The van der Waals surface area contributed by atoms with Crippen molar-refractivity contribution < 1.29 is 28.6 Å². The van der Waals surface area contributed by atoms with Crippen LogP contribution in [0.3, 0.4) is 0 Å². The van der Waals surface area contributed by atoms with Gasteiger partial charge in [0.25, 0.3) is 0 Å². The van der Waals surface area contributed by atoms with Crippen LogP contribution < -0.4 is 0 Å². The summed E-state index contributed by atoms with van der Waals surface area (Å²) in [5, 5.41) is 0. The molecule has 0 saturated heterocycles. The number of aryl methyl sites for hydroxylation is 15. The third-order valence-electron chi connectivity index (χ3n) is 29.1. The Morgan fingerprint density at radius 3 is 0.558 bits per heavy atom. The fraction of sp³-hybridized carbons (Fsp3) is 0.340. The number of ether oxygens (including phenoxy) is 3. The molecule has 1 atom stereocenters. The molecule has 0 N–H and O–H groups in total. The first-order valence-electron chi connectivity index (χ1n) is 53.1. The van der Waals surface area contributed by atoms with Gasteiger partial charge >= 0.3 is 17.9 Å². The Hall–Kier alpha value is -13.3. The van der Waals surface area contributed by atoms with Gasteiger partial charge in [-0.25, -0.2) is 0 Å². The maximum Gasteiger partial charge on any atom is 0.306 e. The van der Waals surface area contributed by atoms with Crippen LogP contribution in [0.5, 0.6) is 0 Å². The molecule has 0 amide bonds. The highest BCUT2D eigenvalue weighted by atomic mass is 16.6. The van der Waals surface area contributed by atoms with E-state index in [0.717, 1.165) is 32.1 Å². The quantitative estimate of drug-likeness (QED) is 0.0305. The van der Waals surface area contributed by atoms with Crippen molar-refractivity contribution in [3.63, 3.8) is 0 Å². The molecule has 0 radical (unpaired) electrons. The van der Waals surface area contributed by atoms with E-state index in [2.05, 4.69) is 489 Å². The number of hydrogen-bond donors (Lipinski definition) is 0. The molecule has 1 unspecified atom stereocenters. The van der Waals surface area contributed by atoms with Gasteiger partial charge in [-0.15, -0.1) is 0 Å². The molecule has 15 aromatic rings. The standard InChI is InChI=1S/C55H56.C33H36.C32H34.3C7H14O2/c1-38-10-22-44(23-11-38)37-53(7,45-24-12-39(2)13-25-45)50-34-51(54(8,46-26-14-40(3)15-27-46)47-28-16-41(4)17-29-47)36-52(35-50)55(9,48-30-18-42(5)19-31-48)49-32-20-43(6)21-33-49;1-25-5-13-29(14-6-25)21-23-33(31-17-9-27(3)10-18-31,32-19-11-28(4)12-20-32)24-22-30-15-7-26(2)8-16-30;1-23-7-13-26(14-8-23)31(4,5)27-19-21-30(22-20-27)32(6,28-15-9-24(2)10-16-28)29-17-11-25(3)12-18-29;3*1-5-6(8)9-7(2,3)4/h10-36H,37H2,1-9H3;5-20H,21-24H2,1-4H3;7-22H,1-6H3;3*5H2,1-4H3. The third-order valence-corrected chi connectivity index (χ3v) is 29.1. The Bertz CT molecular complexity index is 6240. The first-order chi connectivity index (χ1) is 69.3. The number of hydrogen-bond acceptors (Lipinski definition) is 6. The molecule has 0 fully saturated rings. The van der Waals surface area contributed by atoms with Crippen LogP contribution in [0.15, 0.2) is 358 Å². The van der Waals surface area contributed by atoms with E-state index in [0.29, 0.717) is 19.3 Å². The van der Waals surface area contributed by atoms with E-state index in [-0.39, 0.29) is 56.4 Å². The minimum absolute atomic E-state index is 0.0306. The molecule has 0 aromatic heterocycles. The minimum Gasteiger partial charge on any atom is -0.460 e. The molecule has 768 valence electrons.